The third kappa shape index (κ3) is 3.70. The molecule has 1 fully saturated rings. The van der Waals surface area contributed by atoms with Crippen LogP contribution >= 0.6 is 24.2 Å². The molecule has 0 spiro atoms. The summed E-state index contributed by atoms with van der Waals surface area (Å²) in [5.74, 6) is -1.50. The lowest BCUT2D eigenvalue weighted by Crippen LogP contribution is -2.71. The maximum absolute atomic E-state index is 12.3. The van der Waals surface area contributed by atoms with E-state index in [4.69, 9.17) is 5.73 Å². The van der Waals surface area contributed by atoms with E-state index >= 15 is 0 Å². The van der Waals surface area contributed by atoms with Crippen molar-refractivity contribution >= 4 is 42.0 Å². The number of amides is 2. The Balaban J connectivity index is 0.00000169. The van der Waals surface area contributed by atoms with Crippen LogP contribution < -0.4 is 11.1 Å². The highest BCUT2D eigenvalue weighted by Gasteiger charge is 2.53. The second kappa shape index (κ2) is 8.54. The SMILES string of the molecule is CC1=C(C(=O)O)N2C(=O)C(NC(=O)C(N)c3ccccc3)[C@@H]2SC1.Cl.O. The molecule has 0 radical (unpaired) electrons. The molecule has 8 nitrogen and oxygen atoms in total. The van der Waals surface area contributed by atoms with Gasteiger partial charge in [-0.15, -0.1) is 24.2 Å². The van der Waals surface area contributed by atoms with E-state index in [1.165, 1.54) is 16.7 Å². The normalized spacial score (nSPS) is 22.2. The average molecular weight is 402 g/mol. The first-order valence-electron chi connectivity index (χ1n) is 7.40. The van der Waals surface area contributed by atoms with Crippen LogP contribution in [0.25, 0.3) is 0 Å². The number of nitrogens with two attached hydrogens (primary N) is 1. The zero-order chi connectivity index (χ0) is 17.4. The lowest BCUT2D eigenvalue weighted by Gasteiger charge is -2.49. The monoisotopic (exact) mass is 401 g/mol. The molecule has 142 valence electrons. The first-order chi connectivity index (χ1) is 11.4. The number of halogens is 1. The predicted octanol–water partition coefficient (Wildman–Crippen LogP) is 0.0420. The van der Waals surface area contributed by atoms with Crippen LogP contribution in [0.3, 0.4) is 0 Å². The highest BCUT2D eigenvalue weighted by atomic mass is 35.5. The number of fused-ring (bicyclic) bond motifs is 1. The van der Waals surface area contributed by atoms with Gasteiger partial charge in [0, 0.05) is 5.75 Å². The summed E-state index contributed by atoms with van der Waals surface area (Å²) in [7, 11) is 0. The molecule has 1 saturated heterocycles. The Kier molecular flexibility index (Phi) is 7.22. The van der Waals surface area contributed by atoms with E-state index in [1.54, 1.807) is 31.2 Å². The number of thioether (sulfide) groups is 1. The number of nitrogens with zero attached hydrogens (tertiary/aromatic N) is 1. The van der Waals surface area contributed by atoms with Crippen LogP contribution in [0.2, 0.25) is 0 Å². The van der Waals surface area contributed by atoms with E-state index < -0.39 is 35.2 Å². The van der Waals surface area contributed by atoms with Gasteiger partial charge in [0.15, 0.2) is 0 Å². The molecule has 0 saturated carbocycles. The zero-order valence-corrected chi connectivity index (χ0v) is 15.5. The predicted molar refractivity (Wildman–Crippen MR) is 99.6 cm³/mol. The average Bonchev–Trinajstić information content (AvgIpc) is 2.59. The van der Waals surface area contributed by atoms with Crippen LogP contribution in [0.4, 0.5) is 0 Å². The number of aliphatic carboxylic acids is 1. The van der Waals surface area contributed by atoms with Gasteiger partial charge >= 0.3 is 5.97 Å². The van der Waals surface area contributed by atoms with Gasteiger partial charge in [-0.1, -0.05) is 30.3 Å². The van der Waals surface area contributed by atoms with E-state index in [0.29, 0.717) is 16.9 Å². The van der Waals surface area contributed by atoms with E-state index in [9.17, 15) is 19.5 Å². The number of hydrogen-bond acceptors (Lipinski definition) is 5. The number of carboxylic acid groups (broad SMARTS) is 1. The fourth-order valence-electron chi connectivity index (χ4n) is 2.83. The Morgan fingerprint density at radius 3 is 2.54 bits per heavy atom. The molecule has 0 bridgehead atoms. The maximum Gasteiger partial charge on any atom is 0.352 e. The molecular formula is C16H20ClN3O5S. The molecule has 3 atom stereocenters. The van der Waals surface area contributed by atoms with Crippen LogP contribution in [0, 0.1) is 0 Å². The Bertz CT molecular complexity index is 743. The first kappa shape index (κ1) is 22.0. The maximum atomic E-state index is 12.3. The molecule has 1 aromatic carbocycles. The molecule has 2 heterocycles. The lowest BCUT2D eigenvalue weighted by molar-refractivity contribution is -0.150. The van der Waals surface area contributed by atoms with Crippen LogP contribution in [0.15, 0.2) is 41.6 Å². The lowest BCUT2D eigenvalue weighted by atomic mass is 10.0. The summed E-state index contributed by atoms with van der Waals surface area (Å²) in [6.45, 7) is 1.69. The Hall–Kier alpha value is -2.07. The first-order valence-corrected chi connectivity index (χ1v) is 8.45. The molecule has 2 aliphatic heterocycles. The molecule has 6 N–H and O–H groups in total. The van der Waals surface area contributed by atoms with Gasteiger partial charge in [0.2, 0.25) is 5.91 Å². The highest BCUT2D eigenvalue weighted by Crippen LogP contribution is 2.40. The highest BCUT2D eigenvalue weighted by molar-refractivity contribution is 8.00. The van der Waals surface area contributed by atoms with E-state index in [0.717, 1.165) is 0 Å². The van der Waals surface area contributed by atoms with Crippen molar-refractivity contribution < 1.29 is 25.0 Å². The summed E-state index contributed by atoms with van der Waals surface area (Å²) >= 11 is 1.43. The number of hydrogen-bond donors (Lipinski definition) is 3. The molecule has 0 aliphatic carbocycles. The molecule has 26 heavy (non-hydrogen) atoms. The Morgan fingerprint density at radius 1 is 1.35 bits per heavy atom. The van der Waals surface area contributed by atoms with Gasteiger partial charge in [0.1, 0.15) is 23.2 Å². The Morgan fingerprint density at radius 2 is 1.96 bits per heavy atom. The van der Waals surface area contributed by atoms with Crippen molar-refractivity contribution in [3.05, 3.63) is 47.2 Å². The number of β-lactam (4-membered cyclic amide) rings is 1. The summed E-state index contributed by atoms with van der Waals surface area (Å²) in [6, 6.07) is 7.23. The molecule has 2 aliphatic rings. The van der Waals surface area contributed by atoms with Crippen molar-refractivity contribution in [2.45, 2.75) is 24.4 Å². The van der Waals surface area contributed by atoms with Crippen LogP contribution in [0.5, 0.6) is 0 Å². The number of carbonyl (C=O) groups is 3. The van der Waals surface area contributed by atoms with E-state index in [2.05, 4.69) is 5.32 Å². The largest absolute Gasteiger partial charge is 0.477 e. The molecule has 10 heteroatoms. The number of carboxylic acids is 1. The van der Waals surface area contributed by atoms with Gasteiger partial charge in [-0.2, -0.15) is 0 Å². The number of carbonyl (C=O) groups excluding carboxylic acids is 2. The summed E-state index contributed by atoms with van der Waals surface area (Å²) < 4.78 is 0. The molecule has 0 aromatic heterocycles. The van der Waals surface area contributed by atoms with Crippen molar-refractivity contribution in [1.82, 2.24) is 10.2 Å². The molecule has 2 amide bonds. The Labute approximate surface area is 160 Å². The molecule has 3 rings (SSSR count). The van der Waals surface area contributed by atoms with Gasteiger partial charge in [-0.05, 0) is 18.1 Å². The van der Waals surface area contributed by atoms with Crippen LogP contribution in [-0.2, 0) is 14.4 Å². The third-order valence-corrected chi connectivity index (χ3v) is 5.52. The molecular weight excluding hydrogens is 382 g/mol. The fourth-order valence-corrected chi connectivity index (χ4v) is 4.12. The summed E-state index contributed by atoms with van der Waals surface area (Å²) in [5.41, 5.74) is 7.24. The van der Waals surface area contributed by atoms with E-state index in [-0.39, 0.29) is 23.6 Å². The minimum atomic E-state index is -1.13. The standard InChI is InChI=1S/C16H17N3O4S.ClH.H2O/c1-8-7-24-15-11(14(21)19(15)12(8)16(22)23)18-13(20)10(17)9-5-3-2-4-6-9;;/h2-6,10-11,15H,7,17H2,1H3,(H,18,20)(H,22,23);1H;1H2/t10?,11?,15-;;/m0../s1. The molecule has 1 aromatic rings. The van der Waals surface area contributed by atoms with Crippen molar-refractivity contribution in [2.75, 3.05) is 5.75 Å². The topological polar surface area (TPSA) is 144 Å². The smallest absolute Gasteiger partial charge is 0.352 e. The second-order valence-corrected chi connectivity index (χ2v) is 6.82. The van der Waals surface area contributed by atoms with Crippen molar-refractivity contribution in [3.8, 4) is 0 Å². The van der Waals surface area contributed by atoms with Gasteiger partial charge in [-0.25, -0.2) is 4.79 Å². The van der Waals surface area contributed by atoms with Gasteiger partial charge in [0.05, 0.1) is 0 Å². The molecule has 2 unspecified atom stereocenters. The van der Waals surface area contributed by atoms with E-state index in [1.807, 2.05) is 6.07 Å². The minimum Gasteiger partial charge on any atom is -0.477 e. The second-order valence-electron chi connectivity index (χ2n) is 5.72. The van der Waals surface area contributed by atoms with Crippen molar-refractivity contribution in [3.63, 3.8) is 0 Å². The zero-order valence-electron chi connectivity index (χ0n) is 13.8. The summed E-state index contributed by atoms with van der Waals surface area (Å²) in [6.07, 6.45) is 0. The van der Waals surface area contributed by atoms with Gasteiger partial charge < -0.3 is 21.6 Å². The minimum absolute atomic E-state index is 0. The van der Waals surface area contributed by atoms with Crippen LogP contribution in [0.1, 0.15) is 18.5 Å². The number of benzene rings is 1. The fraction of sp³-hybridized carbons (Fsp3) is 0.312. The van der Waals surface area contributed by atoms with Crippen molar-refractivity contribution in [1.29, 1.82) is 0 Å². The number of nitrogens with one attached hydrogen (secondary N) is 1. The van der Waals surface area contributed by atoms with Gasteiger partial charge in [0.25, 0.3) is 5.91 Å². The van der Waals surface area contributed by atoms with Crippen LogP contribution in [-0.4, -0.2) is 50.4 Å². The summed E-state index contributed by atoms with van der Waals surface area (Å²) in [4.78, 5) is 37.2. The van der Waals surface area contributed by atoms with Gasteiger partial charge in [-0.3, -0.25) is 14.5 Å². The number of rotatable bonds is 4. The third-order valence-electron chi connectivity index (χ3n) is 4.10. The van der Waals surface area contributed by atoms with Crippen molar-refractivity contribution in [2.24, 2.45) is 5.73 Å². The quantitative estimate of drug-likeness (QED) is 0.607. The summed E-state index contributed by atoms with van der Waals surface area (Å²) in [5, 5.41) is 11.5.